The number of hydrogen-bond acceptors (Lipinski definition) is 1. The van der Waals surface area contributed by atoms with Crippen molar-refractivity contribution >= 4 is 10.8 Å². The minimum absolute atomic E-state index is 0.415. The van der Waals surface area contributed by atoms with E-state index in [2.05, 4.69) is 18.2 Å². The van der Waals surface area contributed by atoms with Gasteiger partial charge >= 0.3 is 0 Å². The van der Waals surface area contributed by atoms with Gasteiger partial charge in [0.1, 0.15) is 5.75 Å². The maximum Gasteiger partial charge on any atom is 0.123 e. The first kappa shape index (κ1) is 10.4. The lowest BCUT2D eigenvalue weighted by Crippen LogP contribution is -2.19. The highest BCUT2D eigenvalue weighted by Crippen LogP contribution is 2.56. The number of hydrogen-bond donors (Lipinski definition) is 1. The molecule has 1 heteroatoms. The minimum atomic E-state index is 0.415. The Bertz CT molecular complexity index is 606. The van der Waals surface area contributed by atoms with Gasteiger partial charge in [-0.3, -0.25) is 0 Å². The molecule has 18 heavy (non-hydrogen) atoms. The number of fused-ring (bicyclic) bond motifs is 3. The molecule has 0 spiro atoms. The van der Waals surface area contributed by atoms with Crippen LogP contribution < -0.4 is 0 Å². The minimum Gasteiger partial charge on any atom is -0.507 e. The van der Waals surface area contributed by atoms with Gasteiger partial charge in [-0.05, 0) is 60.5 Å². The molecule has 0 atom stereocenters. The monoisotopic (exact) mass is 238 g/mol. The molecule has 0 heterocycles. The molecule has 92 valence electrons. The second kappa shape index (κ2) is 3.50. The second-order valence-electron chi connectivity index (χ2n) is 6.11. The van der Waals surface area contributed by atoms with Crippen LogP contribution in [-0.2, 0) is 5.41 Å². The lowest BCUT2D eigenvalue weighted by molar-refractivity contribution is 0.421. The molecule has 0 radical (unpaired) electrons. The van der Waals surface area contributed by atoms with E-state index in [9.17, 15) is 5.11 Å². The molecule has 1 N–H and O–H groups in total. The van der Waals surface area contributed by atoms with Gasteiger partial charge in [0.05, 0.1) is 0 Å². The molecule has 2 aliphatic carbocycles. The quantitative estimate of drug-likeness (QED) is 0.781. The maximum absolute atomic E-state index is 10.0. The fourth-order valence-electron chi connectivity index (χ4n) is 4.33. The highest BCUT2D eigenvalue weighted by Gasteiger charge is 2.46. The predicted molar refractivity (Wildman–Crippen MR) is 73.9 cm³/mol. The first-order valence-corrected chi connectivity index (χ1v) is 7.00. The highest BCUT2D eigenvalue weighted by molar-refractivity contribution is 5.91. The van der Waals surface area contributed by atoms with E-state index >= 15 is 0 Å². The van der Waals surface area contributed by atoms with Crippen LogP contribution in [-0.4, -0.2) is 5.11 Å². The van der Waals surface area contributed by atoms with Crippen LogP contribution in [0.5, 0.6) is 5.75 Å². The molecule has 2 bridgehead atoms. The van der Waals surface area contributed by atoms with Crippen LogP contribution in [0.1, 0.15) is 37.7 Å². The summed E-state index contributed by atoms with van der Waals surface area (Å²) in [6, 6.07) is 12.4. The summed E-state index contributed by atoms with van der Waals surface area (Å²) in [7, 11) is 0. The third kappa shape index (κ3) is 1.28. The van der Waals surface area contributed by atoms with Crippen LogP contribution in [0.15, 0.2) is 36.4 Å². The highest BCUT2D eigenvalue weighted by atomic mass is 16.3. The Kier molecular flexibility index (Phi) is 2.03. The van der Waals surface area contributed by atoms with Crippen molar-refractivity contribution < 1.29 is 5.11 Å². The van der Waals surface area contributed by atoms with E-state index in [4.69, 9.17) is 0 Å². The smallest absolute Gasteiger partial charge is 0.123 e. The molecule has 4 rings (SSSR count). The number of benzene rings is 2. The van der Waals surface area contributed by atoms with E-state index in [0.717, 1.165) is 11.3 Å². The van der Waals surface area contributed by atoms with Crippen molar-refractivity contribution in [3.8, 4) is 5.75 Å². The van der Waals surface area contributed by atoms with Crippen LogP contribution in [0.3, 0.4) is 0 Å². The third-order valence-corrected chi connectivity index (χ3v) is 5.21. The molecule has 0 amide bonds. The summed E-state index contributed by atoms with van der Waals surface area (Å²) in [4.78, 5) is 0. The Morgan fingerprint density at radius 3 is 2.39 bits per heavy atom. The van der Waals surface area contributed by atoms with Crippen molar-refractivity contribution in [3.05, 3.63) is 42.0 Å². The molecular weight excluding hydrogens is 220 g/mol. The standard InChI is InChI=1S/C17H18O/c18-16-6-2-3-13-14(16)4-1-5-15(13)17-9-7-12(11-17)8-10-17/h1-6,12,18H,7-11H2. The van der Waals surface area contributed by atoms with Crippen molar-refractivity contribution in [2.24, 2.45) is 5.92 Å². The second-order valence-corrected chi connectivity index (χ2v) is 6.11. The Labute approximate surface area is 107 Å². The van der Waals surface area contributed by atoms with Gasteiger partial charge in [-0.15, -0.1) is 0 Å². The lowest BCUT2D eigenvalue weighted by atomic mass is 9.76. The van der Waals surface area contributed by atoms with Gasteiger partial charge in [0.15, 0.2) is 0 Å². The molecule has 0 saturated heterocycles. The topological polar surface area (TPSA) is 20.2 Å². The zero-order valence-electron chi connectivity index (χ0n) is 10.5. The number of aromatic hydroxyl groups is 1. The summed E-state index contributed by atoms with van der Waals surface area (Å²) in [5.74, 6) is 1.37. The Morgan fingerprint density at radius 2 is 1.67 bits per heavy atom. The van der Waals surface area contributed by atoms with Gasteiger partial charge in [0.25, 0.3) is 0 Å². The van der Waals surface area contributed by atoms with E-state index in [1.54, 1.807) is 6.07 Å². The van der Waals surface area contributed by atoms with Crippen LogP contribution in [0.4, 0.5) is 0 Å². The third-order valence-electron chi connectivity index (χ3n) is 5.21. The summed E-state index contributed by atoms with van der Waals surface area (Å²) >= 11 is 0. The average Bonchev–Trinajstić information content (AvgIpc) is 3.00. The van der Waals surface area contributed by atoms with E-state index in [1.807, 2.05) is 12.1 Å². The van der Waals surface area contributed by atoms with Gasteiger partial charge in [0, 0.05) is 5.39 Å². The molecule has 2 aliphatic rings. The van der Waals surface area contributed by atoms with Crippen LogP contribution >= 0.6 is 0 Å². The summed E-state index contributed by atoms with van der Waals surface area (Å²) in [5, 5.41) is 12.3. The van der Waals surface area contributed by atoms with Crippen molar-refractivity contribution in [1.82, 2.24) is 0 Å². The van der Waals surface area contributed by atoms with E-state index in [-0.39, 0.29) is 0 Å². The average molecular weight is 238 g/mol. The Hall–Kier alpha value is -1.50. The predicted octanol–water partition coefficient (Wildman–Crippen LogP) is 4.38. The molecule has 0 unspecified atom stereocenters. The van der Waals surface area contributed by atoms with E-state index < -0.39 is 0 Å². The number of phenols is 1. The first-order chi connectivity index (χ1) is 8.78. The van der Waals surface area contributed by atoms with Gasteiger partial charge in [-0.2, -0.15) is 0 Å². The van der Waals surface area contributed by atoms with Crippen molar-refractivity contribution in [1.29, 1.82) is 0 Å². The fraction of sp³-hybridized carbons (Fsp3) is 0.412. The van der Waals surface area contributed by atoms with E-state index in [0.29, 0.717) is 11.2 Å². The number of phenolic OH excluding ortho intramolecular Hbond substituents is 1. The number of rotatable bonds is 1. The largest absolute Gasteiger partial charge is 0.507 e. The summed E-state index contributed by atoms with van der Waals surface area (Å²) in [6.45, 7) is 0. The summed E-state index contributed by atoms with van der Waals surface area (Å²) < 4.78 is 0. The Morgan fingerprint density at radius 1 is 0.944 bits per heavy atom. The van der Waals surface area contributed by atoms with Gasteiger partial charge in [-0.25, -0.2) is 0 Å². The molecule has 2 saturated carbocycles. The fourth-order valence-corrected chi connectivity index (χ4v) is 4.33. The molecule has 0 aliphatic heterocycles. The van der Waals surface area contributed by atoms with Crippen molar-refractivity contribution in [2.75, 3.05) is 0 Å². The molecule has 1 nitrogen and oxygen atoms in total. The molecular formula is C17H18O. The zero-order chi connectivity index (χ0) is 12.2. The molecule has 2 aromatic carbocycles. The van der Waals surface area contributed by atoms with Crippen molar-refractivity contribution in [2.45, 2.75) is 37.5 Å². The molecule has 0 aromatic heterocycles. The van der Waals surface area contributed by atoms with Gasteiger partial charge in [0.2, 0.25) is 0 Å². The summed E-state index contributed by atoms with van der Waals surface area (Å²) in [5.41, 5.74) is 1.90. The van der Waals surface area contributed by atoms with Crippen molar-refractivity contribution in [3.63, 3.8) is 0 Å². The van der Waals surface area contributed by atoms with Gasteiger partial charge in [-0.1, -0.05) is 30.3 Å². The lowest BCUT2D eigenvalue weighted by Gasteiger charge is -2.28. The van der Waals surface area contributed by atoms with Crippen LogP contribution in [0, 0.1) is 5.92 Å². The maximum atomic E-state index is 10.0. The SMILES string of the molecule is Oc1cccc2c(C34CCC(CC3)C4)cccc12. The van der Waals surface area contributed by atoms with Gasteiger partial charge < -0.3 is 5.11 Å². The Balaban J connectivity index is 1.98. The molecule has 2 fully saturated rings. The van der Waals surface area contributed by atoms with E-state index in [1.165, 1.54) is 43.1 Å². The zero-order valence-corrected chi connectivity index (χ0v) is 10.5. The van der Waals surface area contributed by atoms with Crippen LogP contribution in [0.25, 0.3) is 10.8 Å². The normalized spacial score (nSPS) is 30.1. The first-order valence-electron chi connectivity index (χ1n) is 7.00. The van der Waals surface area contributed by atoms with Crippen LogP contribution in [0.2, 0.25) is 0 Å². The summed E-state index contributed by atoms with van der Waals surface area (Å²) in [6.07, 6.45) is 6.84. The molecule has 2 aromatic rings.